The molecule has 9 heteroatoms. The van der Waals surface area contributed by atoms with Crippen LogP contribution in [0.2, 0.25) is 0 Å². The van der Waals surface area contributed by atoms with Gasteiger partial charge in [0.15, 0.2) is 5.82 Å². The first kappa shape index (κ1) is 20.8. The SMILES string of the molecule is Cc1nn(-c2ccccn2)c(C)c1CCNS(=O)(=O)c1cc2c3c(c1)CCN3C(=O)CC2. The number of pyridine rings is 1. The topological polar surface area (TPSA) is 97.2 Å². The van der Waals surface area contributed by atoms with Crippen molar-refractivity contribution in [2.75, 3.05) is 18.0 Å². The van der Waals surface area contributed by atoms with Gasteiger partial charge in [0.05, 0.1) is 16.3 Å². The second kappa shape index (κ2) is 7.83. The molecule has 3 aromatic rings. The van der Waals surface area contributed by atoms with Gasteiger partial charge in [-0.1, -0.05) is 6.07 Å². The molecule has 0 bridgehead atoms. The van der Waals surface area contributed by atoms with Crippen LogP contribution in [-0.2, 0) is 34.1 Å². The number of nitrogens with one attached hydrogen (secondary N) is 1. The molecule has 0 fully saturated rings. The Bertz CT molecular complexity index is 1320. The van der Waals surface area contributed by atoms with Gasteiger partial charge in [-0.3, -0.25) is 4.79 Å². The number of hydrogen-bond donors (Lipinski definition) is 1. The monoisotopic (exact) mass is 451 g/mol. The average molecular weight is 452 g/mol. The van der Waals surface area contributed by atoms with Crippen molar-refractivity contribution in [1.29, 1.82) is 0 Å². The number of aryl methyl sites for hydroxylation is 2. The van der Waals surface area contributed by atoms with Gasteiger partial charge in [-0.2, -0.15) is 5.10 Å². The molecule has 166 valence electrons. The molecule has 1 N–H and O–H groups in total. The third-order valence-electron chi connectivity index (χ3n) is 6.31. The van der Waals surface area contributed by atoms with Gasteiger partial charge in [0, 0.05) is 31.4 Å². The van der Waals surface area contributed by atoms with Crippen molar-refractivity contribution in [1.82, 2.24) is 19.5 Å². The third kappa shape index (κ3) is 3.51. The molecule has 8 nitrogen and oxygen atoms in total. The maximum atomic E-state index is 13.0. The summed E-state index contributed by atoms with van der Waals surface area (Å²) in [6.45, 7) is 4.80. The number of rotatable bonds is 6. The smallest absolute Gasteiger partial charge is 0.240 e. The molecular formula is C23H25N5O3S. The second-order valence-corrected chi connectivity index (χ2v) is 10.0. The average Bonchev–Trinajstić information content (AvgIpc) is 3.34. The van der Waals surface area contributed by atoms with E-state index in [1.54, 1.807) is 27.9 Å². The van der Waals surface area contributed by atoms with Crippen LogP contribution >= 0.6 is 0 Å². The van der Waals surface area contributed by atoms with Crippen LogP contribution in [-0.4, -0.2) is 42.2 Å². The first-order valence-corrected chi connectivity index (χ1v) is 12.3. The van der Waals surface area contributed by atoms with Crippen molar-refractivity contribution < 1.29 is 13.2 Å². The summed E-state index contributed by atoms with van der Waals surface area (Å²) in [7, 11) is -3.66. The number of sulfonamides is 1. The molecule has 4 heterocycles. The van der Waals surface area contributed by atoms with Crippen LogP contribution in [0.25, 0.3) is 5.82 Å². The number of benzene rings is 1. The molecule has 0 saturated carbocycles. The van der Waals surface area contributed by atoms with Crippen LogP contribution < -0.4 is 9.62 Å². The summed E-state index contributed by atoms with van der Waals surface area (Å²) in [6, 6.07) is 9.09. The zero-order valence-corrected chi connectivity index (χ0v) is 18.9. The van der Waals surface area contributed by atoms with Gasteiger partial charge in [0.1, 0.15) is 0 Å². The Labute approximate surface area is 187 Å². The van der Waals surface area contributed by atoms with Crippen LogP contribution in [0.4, 0.5) is 5.69 Å². The minimum absolute atomic E-state index is 0.127. The molecule has 0 aliphatic carbocycles. The molecule has 2 aliphatic heterocycles. The lowest BCUT2D eigenvalue weighted by Gasteiger charge is -2.25. The fraction of sp³-hybridized carbons (Fsp3) is 0.348. The summed E-state index contributed by atoms with van der Waals surface area (Å²) in [4.78, 5) is 18.5. The van der Waals surface area contributed by atoms with Gasteiger partial charge < -0.3 is 4.90 Å². The van der Waals surface area contributed by atoms with Gasteiger partial charge in [0.25, 0.3) is 0 Å². The predicted molar refractivity (Wildman–Crippen MR) is 121 cm³/mol. The zero-order chi connectivity index (χ0) is 22.5. The molecule has 32 heavy (non-hydrogen) atoms. The van der Waals surface area contributed by atoms with E-state index in [2.05, 4.69) is 14.8 Å². The molecule has 0 atom stereocenters. The molecule has 0 spiro atoms. The summed E-state index contributed by atoms with van der Waals surface area (Å²) in [5, 5.41) is 4.58. The van der Waals surface area contributed by atoms with Crippen molar-refractivity contribution in [3.63, 3.8) is 0 Å². The van der Waals surface area contributed by atoms with Crippen LogP contribution in [0.1, 0.15) is 34.5 Å². The number of carbonyl (C=O) groups excluding carboxylic acids is 1. The zero-order valence-electron chi connectivity index (χ0n) is 18.1. The Balaban J connectivity index is 1.33. The van der Waals surface area contributed by atoms with E-state index >= 15 is 0 Å². The summed E-state index contributed by atoms with van der Waals surface area (Å²) < 4.78 is 30.6. The van der Waals surface area contributed by atoms with Crippen molar-refractivity contribution >= 4 is 21.6 Å². The fourth-order valence-electron chi connectivity index (χ4n) is 4.71. The van der Waals surface area contributed by atoms with E-state index < -0.39 is 10.0 Å². The Hall–Kier alpha value is -3.04. The minimum atomic E-state index is -3.66. The Morgan fingerprint density at radius 1 is 1.09 bits per heavy atom. The molecule has 0 radical (unpaired) electrons. The lowest BCUT2D eigenvalue weighted by molar-refractivity contribution is -0.118. The van der Waals surface area contributed by atoms with Crippen LogP contribution in [0.15, 0.2) is 41.4 Å². The normalized spacial score (nSPS) is 15.3. The maximum Gasteiger partial charge on any atom is 0.240 e. The summed E-state index contributed by atoms with van der Waals surface area (Å²) >= 11 is 0. The lowest BCUT2D eigenvalue weighted by Crippen LogP contribution is -2.33. The van der Waals surface area contributed by atoms with E-state index in [4.69, 9.17) is 0 Å². The van der Waals surface area contributed by atoms with E-state index in [9.17, 15) is 13.2 Å². The van der Waals surface area contributed by atoms with E-state index in [1.807, 2.05) is 32.0 Å². The van der Waals surface area contributed by atoms with Crippen LogP contribution in [0.5, 0.6) is 0 Å². The number of hydrogen-bond acceptors (Lipinski definition) is 5. The number of anilines is 1. The number of nitrogens with zero attached hydrogens (tertiary/aromatic N) is 4. The minimum Gasteiger partial charge on any atom is -0.312 e. The first-order chi connectivity index (χ1) is 15.3. The first-order valence-electron chi connectivity index (χ1n) is 10.8. The molecular weight excluding hydrogens is 426 g/mol. The quantitative estimate of drug-likeness (QED) is 0.620. The lowest BCUT2D eigenvalue weighted by atomic mass is 10.00. The summed E-state index contributed by atoms with van der Waals surface area (Å²) in [6.07, 6.45) is 3.97. The molecule has 1 amide bonds. The number of aromatic nitrogens is 3. The molecule has 0 saturated heterocycles. The fourth-order valence-corrected chi connectivity index (χ4v) is 5.85. The highest BCUT2D eigenvalue weighted by atomic mass is 32.2. The van der Waals surface area contributed by atoms with Crippen LogP contribution in [0, 0.1) is 13.8 Å². The van der Waals surface area contributed by atoms with Gasteiger partial charge in [0.2, 0.25) is 15.9 Å². The summed E-state index contributed by atoms with van der Waals surface area (Å²) in [5.41, 5.74) is 5.64. The Morgan fingerprint density at radius 3 is 2.62 bits per heavy atom. The van der Waals surface area contributed by atoms with Gasteiger partial charge in [-0.05, 0) is 74.1 Å². The van der Waals surface area contributed by atoms with Gasteiger partial charge in [-0.15, -0.1) is 0 Å². The highest BCUT2D eigenvalue weighted by Gasteiger charge is 2.32. The van der Waals surface area contributed by atoms with Gasteiger partial charge in [-0.25, -0.2) is 22.8 Å². The molecule has 5 rings (SSSR count). The van der Waals surface area contributed by atoms with Crippen molar-refractivity contribution in [3.8, 4) is 5.82 Å². The number of amides is 1. The third-order valence-corrected chi connectivity index (χ3v) is 7.75. The molecule has 2 aromatic heterocycles. The van der Waals surface area contributed by atoms with E-state index in [0.29, 0.717) is 32.2 Å². The van der Waals surface area contributed by atoms with Crippen molar-refractivity contribution in [3.05, 3.63) is 64.6 Å². The standard InChI is InChI=1S/C23H25N5O3S/c1-15-20(16(2)28(26-15)21-5-3-4-10-24-21)8-11-25-32(30,31)19-13-17-6-7-22(29)27-12-9-18(14-19)23(17)27/h3-5,10,13-14,25H,6-9,11-12H2,1-2H3. The largest absolute Gasteiger partial charge is 0.312 e. The predicted octanol–water partition coefficient (Wildman–Crippen LogP) is 2.24. The highest BCUT2D eigenvalue weighted by molar-refractivity contribution is 7.89. The molecule has 1 aromatic carbocycles. The van der Waals surface area contributed by atoms with Crippen molar-refractivity contribution in [2.45, 2.75) is 44.4 Å². The summed E-state index contributed by atoms with van der Waals surface area (Å²) in [5.74, 6) is 0.863. The van der Waals surface area contributed by atoms with E-state index in [1.165, 1.54) is 0 Å². The molecule has 0 unspecified atom stereocenters. The van der Waals surface area contributed by atoms with Crippen molar-refractivity contribution in [2.24, 2.45) is 0 Å². The Morgan fingerprint density at radius 2 is 1.88 bits per heavy atom. The van der Waals surface area contributed by atoms with E-state index in [0.717, 1.165) is 39.6 Å². The Kier molecular flexibility index (Phi) is 5.10. The number of carbonyl (C=O) groups is 1. The molecule has 2 aliphatic rings. The maximum absolute atomic E-state index is 13.0. The van der Waals surface area contributed by atoms with Gasteiger partial charge >= 0.3 is 0 Å². The second-order valence-electron chi connectivity index (χ2n) is 8.28. The van der Waals surface area contributed by atoms with Crippen LogP contribution in [0.3, 0.4) is 0 Å². The van der Waals surface area contributed by atoms with E-state index in [-0.39, 0.29) is 17.3 Å². The highest BCUT2D eigenvalue weighted by Crippen LogP contribution is 2.38.